The van der Waals surface area contributed by atoms with E-state index in [1.54, 1.807) is 13.2 Å². The number of aromatic nitrogens is 1. The lowest BCUT2D eigenvalue weighted by Crippen LogP contribution is -2.57. The van der Waals surface area contributed by atoms with E-state index in [1.807, 2.05) is 12.1 Å². The molecule has 4 rings (SSSR count). The molecule has 2 fully saturated rings. The summed E-state index contributed by atoms with van der Waals surface area (Å²) in [5.41, 5.74) is 0.210. The number of H-pyrrole nitrogens is 1. The predicted molar refractivity (Wildman–Crippen MR) is 92.9 cm³/mol. The lowest BCUT2D eigenvalue weighted by molar-refractivity contribution is -0.143. The summed E-state index contributed by atoms with van der Waals surface area (Å²) < 4.78 is 45.5. The SMILES string of the molecule is COC1(c2cccc3[nH]c(C(F)(F)F)cc23)C2CCCC1CNC2.Cl. The molecule has 2 aliphatic rings. The first-order valence-electron chi connectivity index (χ1n) is 8.42. The zero-order valence-electron chi connectivity index (χ0n) is 14.0. The Morgan fingerprint density at radius 1 is 1.16 bits per heavy atom. The number of alkyl halides is 3. The Balaban J connectivity index is 0.00000182. The lowest BCUT2D eigenvalue weighted by atomic mass is 9.62. The first-order chi connectivity index (χ1) is 11.5. The Morgan fingerprint density at radius 3 is 2.44 bits per heavy atom. The smallest absolute Gasteiger partial charge is 0.373 e. The normalized spacial score (nSPS) is 29.4. The summed E-state index contributed by atoms with van der Waals surface area (Å²) in [6.45, 7) is 1.69. The van der Waals surface area contributed by atoms with Crippen LogP contribution < -0.4 is 5.32 Å². The molecule has 0 radical (unpaired) electrons. The van der Waals surface area contributed by atoms with Crippen LogP contribution in [0.3, 0.4) is 0 Å². The standard InChI is InChI=1S/C18H21F3N2O.ClH/c1-24-17(11-4-2-5-12(17)10-22-9-11)14-6-3-7-15-13(14)8-16(23-15)18(19,20)21;/h3,6-8,11-12,22-23H,2,4-5,9-10H2,1H3;1H. The zero-order valence-corrected chi connectivity index (χ0v) is 14.8. The van der Waals surface area contributed by atoms with Gasteiger partial charge >= 0.3 is 6.18 Å². The molecular formula is C18H22ClF3N2O. The molecule has 7 heteroatoms. The maximum Gasteiger partial charge on any atom is 0.431 e. The highest BCUT2D eigenvalue weighted by atomic mass is 35.5. The Morgan fingerprint density at radius 2 is 1.84 bits per heavy atom. The van der Waals surface area contributed by atoms with Crippen LogP contribution in [0.25, 0.3) is 10.9 Å². The van der Waals surface area contributed by atoms with Crippen molar-refractivity contribution in [3.8, 4) is 0 Å². The Hall–Kier alpha value is -1.24. The topological polar surface area (TPSA) is 37.0 Å². The zero-order chi connectivity index (χ0) is 16.9. The van der Waals surface area contributed by atoms with Crippen LogP contribution in [0.2, 0.25) is 0 Å². The summed E-state index contributed by atoms with van der Waals surface area (Å²) in [4.78, 5) is 2.53. The van der Waals surface area contributed by atoms with E-state index in [-0.39, 0.29) is 24.2 Å². The first-order valence-corrected chi connectivity index (χ1v) is 8.42. The van der Waals surface area contributed by atoms with Crippen LogP contribution in [0.15, 0.2) is 24.3 Å². The van der Waals surface area contributed by atoms with Crippen molar-refractivity contribution in [2.75, 3.05) is 20.2 Å². The molecule has 1 aromatic heterocycles. The molecule has 2 N–H and O–H groups in total. The van der Waals surface area contributed by atoms with Crippen LogP contribution in [0, 0.1) is 11.8 Å². The summed E-state index contributed by atoms with van der Waals surface area (Å²) in [6, 6.07) is 6.71. The van der Waals surface area contributed by atoms with E-state index in [0.717, 1.165) is 37.9 Å². The van der Waals surface area contributed by atoms with E-state index in [1.165, 1.54) is 6.07 Å². The number of hydrogen-bond acceptors (Lipinski definition) is 2. The van der Waals surface area contributed by atoms with Crippen molar-refractivity contribution >= 4 is 23.3 Å². The Bertz CT molecular complexity index is 736. The molecular weight excluding hydrogens is 353 g/mol. The second-order valence-electron chi connectivity index (χ2n) is 6.93. The largest absolute Gasteiger partial charge is 0.431 e. The Kier molecular flexibility index (Phi) is 4.81. The van der Waals surface area contributed by atoms with Gasteiger partial charge in [-0.2, -0.15) is 13.2 Å². The third kappa shape index (κ3) is 2.75. The number of ether oxygens (including phenoxy) is 1. The number of aromatic amines is 1. The van der Waals surface area contributed by atoms with E-state index in [4.69, 9.17) is 4.74 Å². The maximum absolute atomic E-state index is 13.1. The van der Waals surface area contributed by atoms with E-state index in [2.05, 4.69) is 10.3 Å². The fraction of sp³-hybridized carbons (Fsp3) is 0.556. The molecule has 2 aromatic rings. The molecule has 1 aromatic carbocycles. The molecule has 1 aliphatic carbocycles. The van der Waals surface area contributed by atoms with Crippen LogP contribution in [0.1, 0.15) is 30.5 Å². The molecule has 0 amide bonds. The van der Waals surface area contributed by atoms with Gasteiger partial charge in [-0.3, -0.25) is 0 Å². The van der Waals surface area contributed by atoms with Crippen molar-refractivity contribution in [1.29, 1.82) is 0 Å². The van der Waals surface area contributed by atoms with Crippen LogP contribution >= 0.6 is 12.4 Å². The van der Waals surface area contributed by atoms with E-state index in [9.17, 15) is 13.2 Å². The molecule has 1 saturated heterocycles. The maximum atomic E-state index is 13.1. The third-order valence-corrected chi connectivity index (χ3v) is 5.83. The fourth-order valence-electron chi connectivity index (χ4n) is 4.84. The van der Waals surface area contributed by atoms with Gasteiger partial charge in [0, 0.05) is 42.9 Å². The van der Waals surface area contributed by atoms with Crippen molar-refractivity contribution < 1.29 is 17.9 Å². The average molecular weight is 375 g/mol. The minimum absolute atomic E-state index is 0. The summed E-state index contributed by atoms with van der Waals surface area (Å²) in [5.74, 6) is 0.565. The van der Waals surface area contributed by atoms with Gasteiger partial charge in [0.25, 0.3) is 0 Å². The van der Waals surface area contributed by atoms with Crippen LogP contribution in [0.4, 0.5) is 13.2 Å². The van der Waals surface area contributed by atoms with Gasteiger partial charge in [-0.15, -0.1) is 12.4 Å². The molecule has 1 saturated carbocycles. The Labute approximate surface area is 150 Å². The minimum Gasteiger partial charge on any atom is -0.373 e. The van der Waals surface area contributed by atoms with Crippen molar-refractivity contribution in [1.82, 2.24) is 10.3 Å². The molecule has 2 unspecified atom stereocenters. The van der Waals surface area contributed by atoms with Gasteiger partial charge in [0.05, 0.1) is 0 Å². The van der Waals surface area contributed by atoms with Gasteiger partial charge in [0.15, 0.2) is 0 Å². The van der Waals surface area contributed by atoms with Crippen molar-refractivity contribution in [2.45, 2.75) is 31.0 Å². The van der Waals surface area contributed by atoms with Crippen molar-refractivity contribution in [3.05, 3.63) is 35.5 Å². The van der Waals surface area contributed by atoms with Gasteiger partial charge in [-0.25, -0.2) is 0 Å². The highest BCUT2D eigenvalue weighted by Gasteiger charge is 2.52. The summed E-state index contributed by atoms with van der Waals surface area (Å²) in [7, 11) is 1.70. The number of rotatable bonds is 2. The first kappa shape index (κ1) is 18.5. The average Bonchev–Trinajstić information content (AvgIpc) is 2.98. The van der Waals surface area contributed by atoms with Gasteiger partial charge in [-0.1, -0.05) is 18.6 Å². The van der Waals surface area contributed by atoms with E-state index >= 15 is 0 Å². The summed E-state index contributed by atoms with van der Waals surface area (Å²) in [5, 5.41) is 4.09. The molecule has 3 nitrogen and oxygen atoms in total. The molecule has 138 valence electrons. The van der Waals surface area contributed by atoms with Crippen molar-refractivity contribution in [2.24, 2.45) is 11.8 Å². The molecule has 2 atom stereocenters. The third-order valence-electron chi connectivity index (χ3n) is 5.83. The quantitative estimate of drug-likeness (QED) is 0.813. The number of fused-ring (bicyclic) bond motifs is 3. The summed E-state index contributed by atoms with van der Waals surface area (Å²) >= 11 is 0. The second-order valence-corrected chi connectivity index (χ2v) is 6.93. The van der Waals surface area contributed by atoms with E-state index in [0.29, 0.717) is 10.9 Å². The van der Waals surface area contributed by atoms with Gasteiger partial charge in [0.1, 0.15) is 11.3 Å². The molecule has 25 heavy (non-hydrogen) atoms. The molecule has 1 aliphatic heterocycles. The monoisotopic (exact) mass is 374 g/mol. The highest BCUT2D eigenvalue weighted by Crippen LogP contribution is 2.51. The second kappa shape index (κ2) is 6.49. The number of methoxy groups -OCH3 is 1. The van der Waals surface area contributed by atoms with Gasteiger partial charge in [0.2, 0.25) is 0 Å². The highest BCUT2D eigenvalue weighted by molar-refractivity contribution is 5.85. The lowest BCUT2D eigenvalue weighted by Gasteiger charge is -2.52. The van der Waals surface area contributed by atoms with Crippen LogP contribution in [-0.2, 0) is 16.5 Å². The number of benzene rings is 1. The predicted octanol–water partition coefficient (Wildman–Crippen LogP) is 4.47. The number of nitrogens with one attached hydrogen (secondary N) is 2. The number of halogens is 4. The fourth-order valence-corrected chi connectivity index (χ4v) is 4.84. The number of hydrogen-bond donors (Lipinski definition) is 2. The van der Waals surface area contributed by atoms with Gasteiger partial charge in [-0.05, 0) is 30.5 Å². The van der Waals surface area contributed by atoms with Crippen LogP contribution in [-0.4, -0.2) is 25.2 Å². The van der Waals surface area contributed by atoms with Crippen molar-refractivity contribution in [3.63, 3.8) is 0 Å². The van der Waals surface area contributed by atoms with Crippen LogP contribution in [0.5, 0.6) is 0 Å². The molecule has 0 spiro atoms. The van der Waals surface area contributed by atoms with E-state index < -0.39 is 17.5 Å². The molecule has 2 bridgehead atoms. The molecule has 2 heterocycles. The van der Waals surface area contributed by atoms with Gasteiger partial charge < -0.3 is 15.0 Å². The summed E-state index contributed by atoms with van der Waals surface area (Å²) in [6.07, 6.45) is -1.16. The number of piperidine rings is 1. The minimum atomic E-state index is -4.37.